The smallest absolute Gasteiger partial charge is 0.240 e. The number of halogens is 1. The lowest BCUT2D eigenvalue weighted by atomic mass is 10.0. The molecule has 1 aliphatic carbocycles. The molecule has 2 bridgehead atoms. The number of hydrogen-bond donors (Lipinski definition) is 0. The first-order valence-electron chi connectivity index (χ1n) is 10.9. The van der Waals surface area contributed by atoms with Crippen molar-refractivity contribution in [3.05, 3.63) is 35.6 Å². The zero-order chi connectivity index (χ0) is 21.2. The predicted octanol–water partition coefficient (Wildman–Crippen LogP) is 2.32. The molecule has 1 aromatic carbocycles. The average Bonchev–Trinajstić information content (AvgIpc) is 3.07. The van der Waals surface area contributed by atoms with E-state index in [0.717, 1.165) is 19.3 Å². The zero-order valence-electron chi connectivity index (χ0n) is 17.4. The van der Waals surface area contributed by atoms with Crippen molar-refractivity contribution in [2.45, 2.75) is 63.3 Å². The Hall–Kier alpha value is -2.46. The number of benzene rings is 1. The van der Waals surface area contributed by atoms with Crippen LogP contribution < -0.4 is 0 Å². The Kier molecular flexibility index (Phi) is 4.59. The second-order valence-electron chi connectivity index (χ2n) is 9.39. The topological polar surface area (TPSA) is 67.7 Å². The molecule has 0 spiro atoms. The van der Waals surface area contributed by atoms with Crippen molar-refractivity contribution in [2.24, 2.45) is 11.8 Å². The Labute approximate surface area is 176 Å². The third-order valence-corrected chi connectivity index (χ3v) is 7.52. The number of carbonyl (C=O) groups excluding carboxylic acids is 2. The van der Waals surface area contributed by atoms with Crippen molar-refractivity contribution >= 4 is 11.8 Å². The second kappa shape index (κ2) is 7.05. The number of rotatable bonds is 5. The van der Waals surface area contributed by atoms with Crippen LogP contribution >= 0.6 is 0 Å². The van der Waals surface area contributed by atoms with Crippen molar-refractivity contribution in [3.63, 3.8) is 0 Å². The highest BCUT2D eigenvalue weighted by molar-refractivity contribution is 5.86. The Morgan fingerprint density at radius 3 is 2.73 bits per heavy atom. The van der Waals surface area contributed by atoms with Crippen LogP contribution in [0.4, 0.5) is 4.39 Å². The zero-order valence-corrected chi connectivity index (χ0v) is 17.4. The molecular formula is C23H27FN4O2. The molecule has 2 unspecified atom stereocenters. The van der Waals surface area contributed by atoms with E-state index in [-0.39, 0.29) is 53.8 Å². The number of fused-ring (bicyclic) bond motifs is 3. The van der Waals surface area contributed by atoms with Gasteiger partial charge in [0.2, 0.25) is 11.8 Å². The lowest BCUT2D eigenvalue weighted by Gasteiger charge is -2.38. The van der Waals surface area contributed by atoms with Gasteiger partial charge in [-0.3, -0.25) is 14.5 Å². The number of piperazine rings is 1. The SMILES string of the molecule is C[C@H](c1ccccc1F)N1C(=O)[C@@H]2CC1CN2C[C@H](C)C(=O)N1C2C[C@H]2C[C@H]1C#N. The van der Waals surface area contributed by atoms with Gasteiger partial charge in [0, 0.05) is 36.7 Å². The molecule has 1 saturated carbocycles. The van der Waals surface area contributed by atoms with Gasteiger partial charge in [-0.15, -0.1) is 0 Å². The molecule has 3 aliphatic heterocycles. The number of carbonyl (C=O) groups is 2. The molecule has 2 amide bonds. The van der Waals surface area contributed by atoms with E-state index in [2.05, 4.69) is 11.0 Å². The summed E-state index contributed by atoms with van der Waals surface area (Å²) in [5.41, 5.74) is 0.545. The summed E-state index contributed by atoms with van der Waals surface area (Å²) in [6, 6.07) is 8.36. The van der Waals surface area contributed by atoms with E-state index < -0.39 is 0 Å². The molecule has 5 rings (SSSR count). The molecule has 4 aliphatic rings. The highest BCUT2D eigenvalue weighted by Gasteiger charge is 2.55. The first-order valence-corrected chi connectivity index (χ1v) is 10.9. The molecule has 7 atom stereocenters. The van der Waals surface area contributed by atoms with Gasteiger partial charge in [-0.05, 0) is 38.2 Å². The summed E-state index contributed by atoms with van der Waals surface area (Å²) in [7, 11) is 0. The lowest BCUT2D eigenvalue weighted by Crippen LogP contribution is -2.53. The van der Waals surface area contributed by atoms with Crippen LogP contribution in [0, 0.1) is 29.0 Å². The molecular weight excluding hydrogens is 383 g/mol. The van der Waals surface area contributed by atoms with Gasteiger partial charge in [-0.25, -0.2) is 4.39 Å². The molecule has 4 fully saturated rings. The average molecular weight is 410 g/mol. The molecule has 0 aromatic heterocycles. The van der Waals surface area contributed by atoms with Crippen LogP contribution in [0.15, 0.2) is 24.3 Å². The highest BCUT2D eigenvalue weighted by Crippen LogP contribution is 2.48. The maximum Gasteiger partial charge on any atom is 0.240 e. The van der Waals surface area contributed by atoms with E-state index in [0.29, 0.717) is 24.6 Å². The Balaban J connectivity index is 1.24. The fourth-order valence-corrected chi connectivity index (χ4v) is 5.94. The van der Waals surface area contributed by atoms with E-state index in [1.165, 1.54) is 6.07 Å². The largest absolute Gasteiger partial charge is 0.330 e. The molecule has 7 heteroatoms. The number of likely N-dealkylation sites (tertiary alicyclic amines) is 3. The number of amides is 2. The monoisotopic (exact) mass is 410 g/mol. The van der Waals surface area contributed by atoms with Crippen LogP contribution in [-0.4, -0.2) is 63.8 Å². The number of nitriles is 1. The van der Waals surface area contributed by atoms with Crippen molar-refractivity contribution in [3.8, 4) is 6.07 Å². The van der Waals surface area contributed by atoms with Gasteiger partial charge < -0.3 is 9.80 Å². The molecule has 3 saturated heterocycles. The van der Waals surface area contributed by atoms with Crippen molar-refractivity contribution in [2.75, 3.05) is 13.1 Å². The maximum atomic E-state index is 14.2. The van der Waals surface area contributed by atoms with E-state index in [4.69, 9.17) is 0 Å². The Morgan fingerprint density at radius 1 is 1.27 bits per heavy atom. The fraction of sp³-hybridized carbons (Fsp3) is 0.609. The molecule has 0 radical (unpaired) electrons. The van der Waals surface area contributed by atoms with Crippen LogP contribution in [0.2, 0.25) is 0 Å². The van der Waals surface area contributed by atoms with Crippen LogP contribution in [0.25, 0.3) is 0 Å². The number of piperidine rings is 1. The third-order valence-electron chi connectivity index (χ3n) is 7.52. The Bertz CT molecular complexity index is 930. The van der Waals surface area contributed by atoms with Gasteiger partial charge in [0.05, 0.1) is 18.2 Å². The summed E-state index contributed by atoms with van der Waals surface area (Å²) >= 11 is 0. The quantitative estimate of drug-likeness (QED) is 0.747. The molecule has 6 nitrogen and oxygen atoms in total. The normalized spacial score (nSPS) is 34.1. The van der Waals surface area contributed by atoms with Crippen LogP contribution in [0.1, 0.15) is 44.7 Å². The van der Waals surface area contributed by atoms with Crippen LogP contribution in [0.3, 0.4) is 0 Å². The number of nitrogens with zero attached hydrogens (tertiary/aromatic N) is 4. The Morgan fingerprint density at radius 2 is 2.03 bits per heavy atom. The number of hydrogen-bond acceptors (Lipinski definition) is 4. The summed E-state index contributed by atoms with van der Waals surface area (Å²) in [5, 5.41) is 9.37. The molecule has 1 aromatic rings. The predicted molar refractivity (Wildman–Crippen MR) is 107 cm³/mol. The van der Waals surface area contributed by atoms with Crippen molar-refractivity contribution in [1.29, 1.82) is 5.26 Å². The third kappa shape index (κ3) is 2.92. The van der Waals surface area contributed by atoms with Gasteiger partial charge >= 0.3 is 0 Å². The van der Waals surface area contributed by atoms with E-state index in [9.17, 15) is 19.2 Å². The van der Waals surface area contributed by atoms with Gasteiger partial charge in [-0.2, -0.15) is 5.26 Å². The lowest BCUT2D eigenvalue weighted by molar-refractivity contribution is -0.142. The fourth-order valence-electron chi connectivity index (χ4n) is 5.94. The minimum Gasteiger partial charge on any atom is -0.330 e. The highest BCUT2D eigenvalue weighted by atomic mass is 19.1. The van der Waals surface area contributed by atoms with E-state index in [1.54, 1.807) is 23.1 Å². The minimum atomic E-state index is -0.303. The van der Waals surface area contributed by atoms with Crippen LogP contribution in [0.5, 0.6) is 0 Å². The molecule has 30 heavy (non-hydrogen) atoms. The summed E-state index contributed by atoms with van der Waals surface area (Å²) in [5.74, 6) is 0.0411. The van der Waals surface area contributed by atoms with Gasteiger partial charge in [0.25, 0.3) is 0 Å². The maximum absolute atomic E-state index is 14.2. The molecule has 158 valence electrons. The summed E-state index contributed by atoms with van der Waals surface area (Å²) in [6.45, 7) is 5.03. The standard InChI is InChI=1S/C23H27FN4O2/c1-13(22(29)28-16(10-25)7-15-8-20(15)28)11-26-12-17-9-21(26)23(30)27(17)14(2)18-5-3-4-6-19(18)24/h3-6,13-17,20-21H,7-9,11-12H2,1-2H3/t13-,14+,15+,16-,17?,20?,21-/m0/s1. The molecule has 3 heterocycles. The summed E-state index contributed by atoms with van der Waals surface area (Å²) < 4.78 is 14.2. The van der Waals surface area contributed by atoms with Crippen molar-refractivity contribution in [1.82, 2.24) is 14.7 Å². The first kappa shape index (κ1) is 19.5. The second-order valence-corrected chi connectivity index (χ2v) is 9.39. The summed E-state index contributed by atoms with van der Waals surface area (Å²) in [6.07, 6.45) is 2.55. The van der Waals surface area contributed by atoms with Crippen LogP contribution in [-0.2, 0) is 9.59 Å². The van der Waals surface area contributed by atoms with E-state index >= 15 is 0 Å². The first-order chi connectivity index (χ1) is 14.4. The molecule has 0 N–H and O–H groups in total. The summed E-state index contributed by atoms with van der Waals surface area (Å²) in [4.78, 5) is 31.9. The van der Waals surface area contributed by atoms with Gasteiger partial charge in [0.15, 0.2) is 0 Å². The van der Waals surface area contributed by atoms with Crippen molar-refractivity contribution < 1.29 is 14.0 Å². The minimum absolute atomic E-state index is 0.0278. The van der Waals surface area contributed by atoms with Gasteiger partial charge in [-0.1, -0.05) is 25.1 Å². The van der Waals surface area contributed by atoms with Gasteiger partial charge in [0.1, 0.15) is 11.9 Å². The van der Waals surface area contributed by atoms with E-state index in [1.807, 2.05) is 18.7 Å².